The molecule has 0 bridgehead atoms. The summed E-state index contributed by atoms with van der Waals surface area (Å²) < 4.78 is 6.41. The number of ether oxygens (including phenoxy) is 1. The molecule has 1 atom stereocenters. The van der Waals surface area contributed by atoms with E-state index >= 15 is 0 Å². The molecule has 1 amide bonds. The fourth-order valence-corrected chi connectivity index (χ4v) is 3.48. The molecular weight excluding hydrogens is 378 g/mol. The van der Waals surface area contributed by atoms with Crippen LogP contribution in [0.3, 0.4) is 0 Å². The summed E-state index contributed by atoms with van der Waals surface area (Å²) in [5.41, 5.74) is 3.45. The highest BCUT2D eigenvalue weighted by Gasteiger charge is 2.23. The van der Waals surface area contributed by atoms with Crippen molar-refractivity contribution in [3.63, 3.8) is 0 Å². The average molecular weight is 399 g/mol. The molecule has 0 aliphatic heterocycles. The van der Waals surface area contributed by atoms with Crippen LogP contribution in [0.2, 0.25) is 0 Å². The van der Waals surface area contributed by atoms with Crippen LogP contribution in [0.1, 0.15) is 28.9 Å². The fraction of sp³-hybridized carbons (Fsp3) is 0.125. The number of amides is 1. The lowest BCUT2D eigenvalue weighted by molar-refractivity contribution is -0.605. The van der Waals surface area contributed by atoms with Gasteiger partial charge in [0.15, 0.2) is 18.1 Å². The van der Waals surface area contributed by atoms with Gasteiger partial charge in [-0.1, -0.05) is 48.5 Å². The molecule has 2 heterocycles. The molecule has 6 heteroatoms. The second kappa shape index (κ2) is 8.21. The minimum absolute atomic E-state index is 0.269. The maximum absolute atomic E-state index is 13.4. The smallest absolute Gasteiger partial charge is 0.256 e. The topological polar surface area (TPSA) is 78.2 Å². The summed E-state index contributed by atoms with van der Waals surface area (Å²) in [6, 6.07) is 20.2. The molecule has 0 fully saturated rings. The largest absolute Gasteiger partial charge is 0.619 e. The highest BCUT2D eigenvalue weighted by atomic mass is 16.5. The third-order valence-electron chi connectivity index (χ3n) is 5.00. The van der Waals surface area contributed by atoms with Gasteiger partial charge in [-0.25, -0.2) is 4.98 Å². The number of fused-ring (bicyclic) bond motifs is 1. The monoisotopic (exact) mass is 399 g/mol. The molecule has 6 nitrogen and oxygen atoms in total. The zero-order chi connectivity index (χ0) is 21.1. The van der Waals surface area contributed by atoms with Gasteiger partial charge in [-0.05, 0) is 18.6 Å². The van der Waals surface area contributed by atoms with E-state index in [1.807, 2.05) is 61.5 Å². The second-order valence-electron chi connectivity index (χ2n) is 6.94. The first-order chi connectivity index (χ1) is 14.6. The first kappa shape index (κ1) is 19.4. The number of nitrogens with zero attached hydrogens (tertiary/aromatic N) is 2. The van der Waals surface area contributed by atoms with Crippen LogP contribution in [0, 0.1) is 5.21 Å². The summed E-state index contributed by atoms with van der Waals surface area (Å²) in [4.78, 5) is 18.2. The van der Waals surface area contributed by atoms with E-state index in [1.165, 1.54) is 12.4 Å². The van der Waals surface area contributed by atoms with E-state index in [2.05, 4.69) is 5.32 Å². The van der Waals surface area contributed by atoms with Crippen molar-refractivity contribution in [2.75, 3.05) is 7.11 Å². The number of methoxy groups -OCH3 is 1. The Bertz CT molecular complexity index is 1190. The first-order valence-electron chi connectivity index (χ1n) is 9.60. The molecule has 0 radical (unpaired) electrons. The van der Waals surface area contributed by atoms with Crippen molar-refractivity contribution in [1.82, 2.24) is 10.3 Å². The number of para-hydroxylation sites is 1. The van der Waals surface area contributed by atoms with Crippen LogP contribution in [-0.4, -0.2) is 18.0 Å². The van der Waals surface area contributed by atoms with Crippen LogP contribution < -0.4 is 14.8 Å². The van der Waals surface area contributed by atoms with Crippen molar-refractivity contribution in [2.45, 2.75) is 13.0 Å². The minimum atomic E-state index is -0.296. The Balaban J connectivity index is 1.82. The van der Waals surface area contributed by atoms with E-state index in [0.717, 1.165) is 11.1 Å². The highest BCUT2D eigenvalue weighted by Crippen LogP contribution is 2.36. The Kier molecular flexibility index (Phi) is 5.30. The quantitative estimate of drug-likeness (QED) is 0.406. The van der Waals surface area contributed by atoms with Crippen LogP contribution in [0.25, 0.3) is 22.2 Å². The van der Waals surface area contributed by atoms with E-state index < -0.39 is 0 Å². The van der Waals surface area contributed by atoms with E-state index in [9.17, 15) is 10.0 Å². The van der Waals surface area contributed by atoms with Gasteiger partial charge in [0.05, 0.1) is 24.2 Å². The van der Waals surface area contributed by atoms with E-state index in [0.29, 0.717) is 32.6 Å². The van der Waals surface area contributed by atoms with Crippen molar-refractivity contribution in [3.05, 3.63) is 95.5 Å². The van der Waals surface area contributed by atoms with Crippen molar-refractivity contribution in [1.29, 1.82) is 0 Å². The Morgan fingerprint density at radius 1 is 1.03 bits per heavy atom. The van der Waals surface area contributed by atoms with Gasteiger partial charge in [0.25, 0.3) is 5.91 Å². The maximum atomic E-state index is 13.4. The SMILES string of the molecule is COc1c(-c2ccccc2)nc2ccccc2c1C(=O)NC(C)c1cc[n+]([O-])cc1. The summed E-state index contributed by atoms with van der Waals surface area (Å²) in [5.74, 6) is 0.157. The number of pyridine rings is 2. The molecule has 1 N–H and O–H groups in total. The van der Waals surface area contributed by atoms with Crippen LogP contribution in [0.4, 0.5) is 0 Å². The summed E-state index contributed by atoms with van der Waals surface area (Å²) in [5, 5.41) is 15.0. The standard InChI is InChI=1S/C24H21N3O3/c1-16(17-12-14-27(29)15-13-17)25-24(28)21-19-10-6-7-11-20(19)26-22(23(21)30-2)18-8-4-3-5-9-18/h3-16H,1-2H3,(H,25,28). The van der Waals surface area contributed by atoms with Gasteiger partial charge >= 0.3 is 0 Å². The van der Waals surface area contributed by atoms with E-state index in [4.69, 9.17) is 9.72 Å². The third kappa shape index (κ3) is 3.67. The van der Waals surface area contributed by atoms with E-state index in [-0.39, 0.29) is 11.9 Å². The molecule has 0 aliphatic carbocycles. The normalized spacial score (nSPS) is 11.8. The Morgan fingerprint density at radius 2 is 1.70 bits per heavy atom. The number of aromatic nitrogens is 2. The number of rotatable bonds is 5. The van der Waals surface area contributed by atoms with Gasteiger partial charge in [0, 0.05) is 23.1 Å². The zero-order valence-electron chi connectivity index (χ0n) is 16.7. The van der Waals surface area contributed by atoms with Gasteiger partial charge in [-0.3, -0.25) is 4.79 Å². The third-order valence-corrected chi connectivity index (χ3v) is 5.00. The van der Waals surface area contributed by atoms with Crippen LogP contribution in [0.15, 0.2) is 79.1 Å². The first-order valence-corrected chi connectivity index (χ1v) is 9.60. The summed E-state index contributed by atoms with van der Waals surface area (Å²) in [6.45, 7) is 1.87. The average Bonchev–Trinajstić information content (AvgIpc) is 2.78. The van der Waals surface area contributed by atoms with Gasteiger partial charge in [-0.15, -0.1) is 0 Å². The van der Waals surface area contributed by atoms with Crippen LogP contribution in [0.5, 0.6) is 5.75 Å². The summed E-state index contributed by atoms with van der Waals surface area (Å²) in [7, 11) is 1.54. The molecule has 0 aliphatic rings. The lowest BCUT2D eigenvalue weighted by atomic mass is 10.0. The van der Waals surface area contributed by atoms with Crippen LogP contribution >= 0.6 is 0 Å². The number of carbonyl (C=O) groups is 1. The molecular formula is C24H21N3O3. The molecule has 2 aromatic carbocycles. The predicted octanol–water partition coefficient (Wildman–Crippen LogP) is 4.03. The van der Waals surface area contributed by atoms with Crippen molar-refractivity contribution >= 4 is 16.8 Å². The summed E-state index contributed by atoms with van der Waals surface area (Å²) >= 11 is 0. The fourth-order valence-electron chi connectivity index (χ4n) is 3.48. The number of hydrogen-bond donors (Lipinski definition) is 1. The van der Waals surface area contributed by atoms with Gasteiger partial charge in [0.2, 0.25) is 0 Å². The van der Waals surface area contributed by atoms with Crippen LogP contribution in [-0.2, 0) is 0 Å². The molecule has 30 heavy (non-hydrogen) atoms. The van der Waals surface area contributed by atoms with Crippen molar-refractivity contribution in [2.24, 2.45) is 0 Å². The number of benzene rings is 2. The molecule has 2 aromatic heterocycles. The molecule has 0 saturated heterocycles. The molecule has 0 spiro atoms. The Labute approximate surface area is 174 Å². The lowest BCUT2D eigenvalue weighted by Crippen LogP contribution is -2.29. The number of hydrogen-bond acceptors (Lipinski definition) is 4. The minimum Gasteiger partial charge on any atom is -0.619 e. The van der Waals surface area contributed by atoms with Gasteiger partial charge in [-0.2, -0.15) is 4.73 Å². The Morgan fingerprint density at radius 3 is 2.40 bits per heavy atom. The molecule has 4 aromatic rings. The predicted molar refractivity (Wildman–Crippen MR) is 115 cm³/mol. The molecule has 150 valence electrons. The van der Waals surface area contributed by atoms with Gasteiger partial charge in [0.1, 0.15) is 5.69 Å². The van der Waals surface area contributed by atoms with Crippen molar-refractivity contribution < 1.29 is 14.3 Å². The lowest BCUT2D eigenvalue weighted by Gasteiger charge is -2.19. The maximum Gasteiger partial charge on any atom is 0.256 e. The zero-order valence-corrected chi connectivity index (χ0v) is 16.7. The Hall–Kier alpha value is -3.93. The summed E-state index contributed by atoms with van der Waals surface area (Å²) in [6.07, 6.45) is 2.82. The highest BCUT2D eigenvalue weighted by molar-refractivity contribution is 6.10. The molecule has 4 rings (SSSR count). The molecule has 1 unspecified atom stereocenters. The second-order valence-corrected chi connectivity index (χ2v) is 6.94. The van der Waals surface area contributed by atoms with E-state index in [1.54, 1.807) is 19.2 Å². The number of nitrogens with one attached hydrogen (secondary N) is 1. The van der Waals surface area contributed by atoms with Gasteiger partial charge < -0.3 is 15.3 Å². The van der Waals surface area contributed by atoms with Crippen molar-refractivity contribution in [3.8, 4) is 17.0 Å². The molecule has 0 saturated carbocycles. The number of carbonyl (C=O) groups excluding carboxylic acids is 1.